The summed E-state index contributed by atoms with van der Waals surface area (Å²) in [6.45, 7) is 0. The molecule has 0 amide bonds. The molecule has 1 heterocycles. The van der Waals surface area contributed by atoms with Crippen LogP contribution in [0.4, 0.5) is 0 Å². The van der Waals surface area contributed by atoms with Crippen molar-refractivity contribution in [2.24, 2.45) is 0 Å². The van der Waals surface area contributed by atoms with Crippen molar-refractivity contribution in [3.05, 3.63) is 0 Å². The van der Waals surface area contributed by atoms with E-state index < -0.39 is 0 Å². The van der Waals surface area contributed by atoms with E-state index in [2.05, 4.69) is 72.3 Å². The second-order valence-corrected chi connectivity index (χ2v) is 10.2. The van der Waals surface area contributed by atoms with Crippen LogP contribution in [-0.4, -0.2) is 56.5 Å². The summed E-state index contributed by atoms with van der Waals surface area (Å²) in [7, 11) is 0. The summed E-state index contributed by atoms with van der Waals surface area (Å²) in [5, 5.41) is 1.81. The predicted octanol–water partition coefficient (Wildman–Crippen LogP) is 4.31. The summed E-state index contributed by atoms with van der Waals surface area (Å²) >= 11 is 17.0. The average molecular weight is 361 g/mol. The number of hydrogen-bond donors (Lipinski definition) is 2. The van der Waals surface area contributed by atoms with Crippen LogP contribution in [0.5, 0.6) is 0 Å². The standard InChI is InChI=1S/C12H24S6/c13-3-7-15-5-1-11-9-18-12(10-17-11)2-6-16-8-4-14/h11-14H,1-10H2. The molecule has 18 heavy (non-hydrogen) atoms. The highest BCUT2D eigenvalue weighted by molar-refractivity contribution is 8.07. The minimum absolute atomic E-state index is 0.906. The van der Waals surface area contributed by atoms with Crippen LogP contribution in [0, 0.1) is 0 Å². The molecule has 0 aliphatic carbocycles. The summed E-state index contributed by atoms with van der Waals surface area (Å²) in [5.74, 6) is 9.83. The molecule has 0 nitrogen and oxygen atoms in total. The van der Waals surface area contributed by atoms with Crippen LogP contribution in [0.3, 0.4) is 0 Å². The summed E-state index contributed by atoms with van der Waals surface area (Å²) in [5.41, 5.74) is 0. The van der Waals surface area contributed by atoms with E-state index >= 15 is 0 Å². The van der Waals surface area contributed by atoms with E-state index in [0.29, 0.717) is 0 Å². The molecule has 0 spiro atoms. The maximum absolute atomic E-state index is 4.24. The Hall–Kier alpha value is 2.10. The van der Waals surface area contributed by atoms with Gasteiger partial charge in [0, 0.05) is 33.5 Å². The third-order valence-corrected chi connectivity index (χ3v) is 9.12. The lowest BCUT2D eigenvalue weighted by Crippen LogP contribution is -2.22. The first-order valence-corrected chi connectivity index (χ1v) is 12.1. The van der Waals surface area contributed by atoms with Crippen molar-refractivity contribution < 1.29 is 0 Å². The lowest BCUT2D eigenvalue weighted by molar-refractivity contribution is 0.870. The lowest BCUT2D eigenvalue weighted by Gasteiger charge is -2.27. The van der Waals surface area contributed by atoms with E-state index in [1.54, 1.807) is 0 Å². The van der Waals surface area contributed by atoms with Crippen molar-refractivity contribution in [2.45, 2.75) is 23.3 Å². The smallest absolute Gasteiger partial charge is 0.0146 e. The van der Waals surface area contributed by atoms with E-state index in [1.165, 1.54) is 47.4 Å². The normalized spacial score (nSPS) is 24.3. The summed E-state index contributed by atoms with van der Waals surface area (Å²) in [6.07, 6.45) is 2.77. The highest BCUT2D eigenvalue weighted by atomic mass is 32.2. The van der Waals surface area contributed by atoms with Gasteiger partial charge in [-0.3, -0.25) is 0 Å². The Labute approximate surface area is 141 Å². The predicted molar refractivity (Wildman–Crippen MR) is 104 cm³/mol. The van der Waals surface area contributed by atoms with Gasteiger partial charge in [-0.05, 0) is 35.9 Å². The van der Waals surface area contributed by atoms with E-state index in [-0.39, 0.29) is 0 Å². The number of thioether (sulfide) groups is 4. The van der Waals surface area contributed by atoms with Gasteiger partial charge in [0.2, 0.25) is 0 Å². The van der Waals surface area contributed by atoms with Crippen molar-refractivity contribution in [3.63, 3.8) is 0 Å². The molecule has 0 saturated carbocycles. The molecule has 1 saturated heterocycles. The lowest BCUT2D eigenvalue weighted by atomic mass is 10.3. The molecule has 6 heteroatoms. The number of rotatable bonds is 10. The molecule has 108 valence electrons. The van der Waals surface area contributed by atoms with Gasteiger partial charge in [-0.1, -0.05) is 0 Å². The van der Waals surface area contributed by atoms with E-state index in [1.807, 2.05) is 0 Å². The molecule has 1 fully saturated rings. The van der Waals surface area contributed by atoms with Crippen LogP contribution in [0.1, 0.15) is 12.8 Å². The highest BCUT2D eigenvalue weighted by Crippen LogP contribution is 2.34. The van der Waals surface area contributed by atoms with E-state index in [4.69, 9.17) is 0 Å². The zero-order chi connectivity index (χ0) is 13.1. The van der Waals surface area contributed by atoms with Crippen LogP contribution in [0.2, 0.25) is 0 Å². The van der Waals surface area contributed by atoms with Crippen molar-refractivity contribution >= 4 is 72.3 Å². The Morgan fingerprint density at radius 2 is 1.22 bits per heavy atom. The zero-order valence-corrected chi connectivity index (χ0v) is 15.8. The topological polar surface area (TPSA) is 0 Å². The van der Waals surface area contributed by atoms with Crippen molar-refractivity contribution in [3.8, 4) is 0 Å². The fourth-order valence-corrected chi connectivity index (χ4v) is 7.44. The SMILES string of the molecule is SCCSCCC1CSC(CCSCCS)CS1. The van der Waals surface area contributed by atoms with Gasteiger partial charge < -0.3 is 0 Å². The summed E-state index contributed by atoms with van der Waals surface area (Å²) in [4.78, 5) is 0. The molecule has 0 aromatic carbocycles. The molecule has 0 aromatic rings. The van der Waals surface area contributed by atoms with Gasteiger partial charge in [-0.15, -0.1) is 0 Å². The second-order valence-electron chi connectivity index (χ2n) is 4.16. The molecule has 1 rings (SSSR count). The first-order valence-electron chi connectivity index (χ1n) is 6.47. The van der Waals surface area contributed by atoms with Gasteiger partial charge >= 0.3 is 0 Å². The monoisotopic (exact) mass is 360 g/mol. The molecule has 0 N–H and O–H groups in total. The van der Waals surface area contributed by atoms with Gasteiger partial charge in [0.1, 0.15) is 0 Å². The van der Waals surface area contributed by atoms with Gasteiger partial charge in [0.05, 0.1) is 0 Å². The van der Waals surface area contributed by atoms with Crippen molar-refractivity contribution in [1.82, 2.24) is 0 Å². The van der Waals surface area contributed by atoms with Gasteiger partial charge in [0.25, 0.3) is 0 Å². The maximum Gasteiger partial charge on any atom is 0.0146 e. The fourth-order valence-electron chi connectivity index (χ4n) is 1.68. The zero-order valence-electron chi connectivity index (χ0n) is 10.8. The first-order chi connectivity index (χ1) is 8.86. The van der Waals surface area contributed by atoms with Crippen LogP contribution < -0.4 is 0 Å². The van der Waals surface area contributed by atoms with Crippen molar-refractivity contribution in [2.75, 3.05) is 46.0 Å². The maximum atomic E-state index is 4.24. The molecule has 0 bridgehead atoms. The molecular weight excluding hydrogens is 337 g/mol. The van der Waals surface area contributed by atoms with Crippen LogP contribution in [0.25, 0.3) is 0 Å². The minimum Gasteiger partial charge on any atom is -0.179 e. The minimum atomic E-state index is 0.906. The van der Waals surface area contributed by atoms with Gasteiger partial charge in [-0.2, -0.15) is 72.3 Å². The molecule has 0 radical (unpaired) electrons. The molecule has 1 aliphatic rings. The molecular formula is C12H24S6. The fraction of sp³-hybridized carbons (Fsp3) is 1.00. The first kappa shape index (κ1) is 18.1. The Kier molecular flexibility index (Phi) is 12.9. The Morgan fingerprint density at radius 3 is 1.56 bits per heavy atom. The van der Waals surface area contributed by atoms with Crippen LogP contribution in [0.15, 0.2) is 0 Å². The molecule has 1 aliphatic heterocycles. The Morgan fingerprint density at radius 1 is 0.778 bits per heavy atom. The summed E-state index contributed by atoms with van der Waals surface area (Å²) < 4.78 is 0. The molecule has 2 unspecified atom stereocenters. The largest absolute Gasteiger partial charge is 0.179 e. The van der Waals surface area contributed by atoms with Crippen LogP contribution >= 0.6 is 72.3 Å². The summed E-state index contributed by atoms with van der Waals surface area (Å²) in [6, 6.07) is 0. The van der Waals surface area contributed by atoms with Crippen LogP contribution in [-0.2, 0) is 0 Å². The quantitative estimate of drug-likeness (QED) is 0.440. The Balaban J connectivity index is 1.95. The Bertz CT molecular complexity index is 161. The van der Waals surface area contributed by atoms with E-state index in [9.17, 15) is 0 Å². The third-order valence-electron chi connectivity index (χ3n) is 2.68. The molecule has 0 aromatic heterocycles. The number of hydrogen-bond acceptors (Lipinski definition) is 6. The van der Waals surface area contributed by atoms with E-state index in [0.717, 1.165) is 22.0 Å². The van der Waals surface area contributed by atoms with Crippen molar-refractivity contribution in [1.29, 1.82) is 0 Å². The number of thiol groups is 2. The van der Waals surface area contributed by atoms with Gasteiger partial charge in [-0.25, -0.2) is 0 Å². The second kappa shape index (κ2) is 12.8. The average Bonchev–Trinajstić information content (AvgIpc) is 2.41. The van der Waals surface area contributed by atoms with Gasteiger partial charge in [0.15, 0.2) is 0 Å². The third kappa shape index (κ3) is 9.11. The highest BCUT2D eigenvalue weighted by Gasteiger charge is 2.21. The molecule has 2 atom stereocenters.